The van der Waals surface area contributed by atoms with E-state index in [1.54, 1.807) is 30.3 Å². The van der Waals surface area contributed by atoms with E-state index >= 15 is 0 Å². The summed E-state index contributed by atoms with van der Waals surface area (Å²) in [5.41, 5.74) is 4.85. The Kier molecular flexibility index (Phi) is 6.36. The Morgan fingerprint density at radius 2 is 1.72 bits per heavy atom. The Bertz CT molecular complexity index is 1010. The number of carbonyl (C=O) groups is 1. The predicted molar refractivity (Wildman–Crippen MR) is 110 cm³/mol. The second-order valence-electron chi connectivity index (χ2n) is 5.83. The van der Waals surface area contributed by atoms with E-state index in [-0.39, 0.29) is 5.69 Å². The number of hydrazone groups is 1. The first kappa shape index (κ1) is 20.2. The Labute approximate surface area is 172 Å². The smallest absolute Gasteiger partial charge is 0.289 e. The quantitative estimate of drug-likeness (QED) is 0.455. The Hall–Kier alpha value is -3.52. The summed E-state index contributed by atoms with van der Waals surface area (Å²) in [7, 11) is 4.57. The van der Waals surface area contributed by atoms with Gasteiger partial charge in [0.25, 0.3) is 5.91 Å². The summed E-state index contributed by atoms with van der Waals surface area (Å²) in [5, 5.41) is 11.4. The van der Waals surface area contributed by atoms with Crippen LogP contribution < -0.4 is 19.6 Å². The molecule has 2 aromatic carbocycles. The SMILES string of the molecule is COc1cc(/C=N\NC(=O)c2cc(-c3ccc(Cl)cc3)n[nH]2)cc(OC)c1OC. The van der Waals surface area contributed by atoms with Crippen LogP contribution >= 0.6 is 11.6 Å². The van der Waals surface area contributed by atoms with Crippen LogP contribution in [-0.2, 0) is 0 Å². The Balaban J connectivity index is 1.71. The Morgan fingerprint density at radius 1 is 1.07 bits per heavy atom. The monoisotopic (exact) mass is 414 g/mol. The van der Waals surface area contributed by atoms with Gasteiger partial charge >= 0.3 is 0 Å². The lowest BCUT2D eigenvalue weighted by atomic mass is 10.1. The molecule has 8 nitrogen and oxygen atoms in total. The van der Waals surface area contributed by atoms with Crippen molar-refractivity contribution in [2.45, 2.75) is 0 Å². The molecule has 0 spiro atoms. The Morgan fingerprint density at radius 3 is 2.31 bits per heavy atom. The van der Waals surface area contributed by atoms with Crippen molar-refractivity contribution in [3.8, 4) is 28.5 Å². The van der Waals surface area contributed by atoms with Gasteiger partial charge in [0.2, 0.25) is 5.75 Å². The summed E-state index contributed by atoms with van der Waals surface area (Å²) in [5.74, 6) is 1.02. The highest BCUT2D eigenvalue weighted by atomic mass is 35.5. The average Bonchev–Trinajstić information content (AvgIpc) is 3.23. The molecule has 0 radical (unpaired) electrons. The van der Waals surface area contributed by atoms with Crippen molar-refractivity contribution in [1.29, 1.82) is 0 Å². The second kappa shape index (κ2) is 9.11. The highest BCUT2D eigenvalue weighted by Crippen LogP contribution is 2.37. The number of rotatable bonds is 7. The van der Waals surface area contributed by atoms with Crippen molar-refractivity contribution in [2.24, 2.45) is 5.10 Å². The normalized spacial score (nSPS) is 10.8. The van der Waals surface area contributed by atoms with Crippen LogP contribution in [-0.4, -0.2) is 43.6 Å². The molecular weight excluding hydrogens is 396 g/mol. The molecular formula is C20H19ClN4O4. The molecule has 0 atom stereocenters. The van der Waals surface area contributed by atoms with Crippen LogP contribution in [0.5, 0.6) is 17.2 Å². The molecule has 0 fully saturated rings. The maximum atomic E-state index is 12.3. The molecule has 2 N–H and O–H groups in total. The molecule has 29 heavy (non-hydrogen) atoms. The lowest BCUT2D eigenvalue weighted by Gasteiger charge is -2.12. The van der Waals surface area contributed by atoms with E-state index in [4.69, 9.17) is 25.8 Å². The third-order valence-electron chi connectivity index (χ3n) is 4.03. The van der Waals surface area contributed by atoms with E-state index in [0.29, 0.717) is 33.5 Å². The third kappa shape index (κ3) is 4.67. The molecule has 0 saturated carbocycles. The zero-order chi connectivity index (χ0) is 20.8. The largest absolute Gasteiger partial charge is 0.493 e. The van der Waals surface area contributed by atoms with Gasteiger partial charge < -0.3 is 14.2 Å². The van der Waals surface area contributed by atoms with Crippen LogP contribution in [0.15, 0.2) is 47.6 Å². The molecule has 0 saturated heterocycles. The van der Waals surface area contributed by atoms with Crippen molar-refractivity contribution < 1.29 is 19.0 Å². The van der Waals surface area contributed by atoms with E-state index in [9.17, 15) is 4.79 Å². The van der Waals surface area contributed by atoms with E-state index in [1.807, 2.05) is 12.1 Å². The molecule has 1 aromatic heterocycles. The van der Waals surface area contributed by atoms with Gasteiger partial charge in [0.05, 0.1) is 33.2 Å². The predicted octanol–water partition coefficient (Wildman–Crippen LogP) is 3.52. The van der Waals surface area contributed by atoms with Crippen molar-refractivity contribution in [1.82, 2.24) is 15.6 Å². The summed E-state index contributed by atoms with van der Waals surface area (Å²) in [6, 6.07) is 12.2. The van der Waals surface area contributed by atoms with Crippen LogP contribution in [0.25, 0.3) is 11.3 Å². The molecule has 0 aliphatic carbocycles. The van der Waals surface area contributed by atoms with Crippen molar-refractivity contribution >= 4 is 23.7 Å². The number of hydrogen-bond acceptors (Lipinski definition) is 6. The van der Waals surface area contributed by atoms with Crippen molar-refractivity contribution in [3.05, 3.63) is 58.7 Å². The van der Waals surface area contributed by atoms with Gasteiger partial charge in [-0.05, 0) is 30.3 Å². The molecule has 9 heteroatoms. The standard InChI is InChI=1S/C20H19ClN4O4/c1-27-17-8-12(9-18(28-2)19(17)29-3)11-22-25-20(26)16-10-15(23-24-16)13-4-6-14(21)7-5-13/h4-11H,1-3H3,(H,23,24)(H,25,26)/b22-11-. The minimum atomic E-state index is -0.429. The minimum Gasteiger partial charge on any atom is -0.493 e. The van der Waals surface area contributed by atoms with Gasteiger partial charge in [-0.2, -0.15) is 10.2 Å². The minimum absolute atomic E-state index is 0.275. The molecule has 1 amide bonds. The number of benzene rings is 2. The van der Waals surface area contributed by atoms with Gasteiger partial charge in [0, 0.05) is 16.1 Å². The van der Waals surface area contributed by atoms with Gasteiger partial charge in [-0.15, -0.1) is 0 Å². The number of amides is 1. The van der Waals surface area contributed by atoms with Crippen molar-refractivity contribution in [2.75, 3.05) is 21.3 Å². The highest BCUT2D eigenvalue weighted by Gasteiger charge is 2.13. The molecule has 3 aromatic rings. The van der Waals surface area contributed by atoms with E-state index in [0.717, 1.165) is 5.56 Å². The van der Waals surface area contributed by atoms with Gasteiger partial charge in [-0.3, -0.25) is 9.89 Å². The number of ether oxygens (including phenoxy) is 3. The molecule has 0 aliphatic rings. The number of hydrogen-bond donors (Lipinski definition) is 2. The van der Waals surface area contributed by atoms with E-state index < -0.39 is 5.91 Å². The number of nitrogens with one attached hydrogen (secondary N) is 2. The topological polar surface area (TPSA) is 97.8 Å². The fourth-order valence-electron chi connectivity index (χ4n) is 2.61. The maximum Gasteiger partial charge on any atom is 0.289 e. The van der Waals surface area contributed by atoms with Gasteiger partial charge in [-0.25, -0.2) is 5.43 Å². The zero-order valence-corrected chi connectivity index (χ0v) is 16.8. The first-order chi connectivity index (χ1) is 14.0. The molecule has 150 valence electrons. The molecule has 3 rings (SSSR count). The fraction of sp³-hybridized carbons (Fsp3) is 0.150. The van der Waals surface area contributed by atoms with Crippen LogP contribution in [0.1, 0.15) is 16.1 Å². The van der Waals surface area contributed by atoms with Crippen molar-refractivity contribution in [3.63, 3.8) is 0 Å². The molecule has 1 heterocycles. The lowest BCUT2D eigenvalue weighted by molar-refractivity contribution is 0.0950. The summed E-state index contributed by atoms with van der Waals surface area (Å²) in [6.45, 7) is 0. The number of carbonyl (C=O) groups excluding carboxylic acids is 1. The molecule has 0 aliphatic heterocycles. The first-order valence-electron chi connectivity index (χ1n) is 8.50. The highest BCUT2D eigenvalue weighted by molar-refractivity contribution is 6.30. The number of halogens is 1. The van der Waals surface area contributed by atoms with Gasteiger partial charge in [0.15, 0.2) is 11.5 Å². The lowest BCUT2D eigenvalue weighted by Crippen LogP contribution is -2.18. The zero-order valence-electron chi connectivity index (χ0n) is 16.0. The number of H-pyrrole nitrogens is 1. The van der Waals surface area contributed by atoms with Crippen LogP contribution in [0.3, 0.4) is 0 Å². The van der Waals surface area contributed by atoms with Gasteiger partial charge in [-0.1, -0.05) is 23.7 Å². The van der Waals surface area contributed by atoms with Crippen LogP contribution in [0.4, 0.5) is 0 Å². The maximum absolute atomic E-state index is 12.3. The summed E-state index contributed by atoms with van der Waals surface area (Å²) in [6.07, 6.45) is 1.47. The van der Waals surface area contributed by atoms with E-state index in [2.05, 4.69) is 20.7 Å². The molecule has 0 unspecified atom stereocenters. The number of aromatic amines is 1. The van der Waals surface area contributed by atoms with Crippen LogP contribution in [0.2, 0.25) is 5.02 Å². The summed E-state index contributed by atoms with van der Waals surface area (Å²) in [4.78, 5) is 12.3. The van der Waals surface area contributed by atoms with Gasteiger partial charge in [0.1, 0.15) is 5.69 Å². The number of aromatic nitrogens is 2. The fourth-order valence-corrected chi connectivity index (χ4v) is 2.73. The summed E-state index contributed by atoms with van der Waals surface area (Å²) < 4.78 is 15.9. The molecule has 0 bridgehead atoms. The summed E-state index contributed by atoms with van der Waals surface area (Å²) >= 11 is 5.89. The van der Waals surface area contributed by atoms with Crippen LogP contribution in [0, 0.1) is 0 Å². The second-order valence-corrected chi connectivity index (χ2v) is 6.27. The first-order valence-corrected chi connectivity index (χ1v) is 8.88. The average molecular weight is 415 g/mol. The van der Waals surface area contributed by atoms with E-state index in [1.165, 1.54) is 27.5 Å². The third-order valence-corrected chi connectivity index (χ3v) is 4.28. The number of methoxy groups -OCH3 is 3. The number of nitrogens with zero attached hydrogens (tertiary/aromatic N) is 2.